The minimum Gasteiger partial charge on any atom is -0.457 e. The van der Waals surface area contributed by atoms with Crippen LogP contribution in [0.15, 0.2) is 53.4 Å². The molecule has 0 atom stereocenters. The van der Waals surface area contributed by atoms with E-state index in [4.69, 9.17) is 10.5 Å². The molecule has 0 saturated carbocycles. The van der Waals surface area contributed by atoms with Gasteiger partial charge in [0.2, 0.25) is 15.7 Å². The monoisotopic (exact) mass is 369 g/mol. The van der Waals surface area contributed by atoms with Gasteiger partial charge in [0.15, 0.2) is 0 Å². The summed E-state index contributed by atoms with van der Waals surface area (Å²) in [5.41, 5.74) is 5.94. The van der Waals surface area contributed by atoms with E-state index in [2.05, 4.69) is 0 Å². The zero-order chi connectivity index (χ0) is 18.6. The Hall–Kier alpha value is -2.81. The highest BCUT2D eigenvalue weighted by Crippen LogP contribution is 2.19. The summed E-state index contributed by atoms with van der Waals surface area (Å²) in [6, 6.07) is 10.2. The molecule has 0 heterocycles. The highest BCUT2D eigenvalue weighted by molar-refractivity contribution is 7.91. The second kappa shape index (κ2) is 7.39. The molecule has 2 rings (SSSR count). The lowest BCUT2D eigenvalue weighted by atomic mass is 10.1. The number of benzene rings is 2. The summed E-state index contributed by atoms with van der Waals surface area (Å²) in [5, 5.41) is 0. The molecule has 6 nitrogen and oxygen atoms in total. The van der Waals surface area contributed by atoms with Crippen molar-refractivity contribution >= 4 is 21.7 Å². The summed E-state index contributed by atoms with van der Waals surface area (Å²) in [6.07, 6.45) is 0. The highest BCUT2D eigenvalue weighted by atomic mass is 32.2. The average molecular weight is 369 g/mol. The third kappa shape index (κ3) is 4.38. The number of halogens is 2. The van der Waals surface area contributed by atoms with Gasteiger partial charge < -0.3 is 10.5 Å². The topological polar surface area (TPSA) is 104 Å². The largest absolute Gasteiger partial charge is 0.457 e. The number of hydrogen-bond acceptors (Lipinski definition) is 5. The maximum Gasteiger partial charge on any atom is 0.341 e. The van der Waals surface area contributed by atoms with Crippen LogP contribution in [-0.2, 0) is 21.2 Å². The predicted octanol–water partition coefficient (Wildman–Crippen LogP) is 2.14. The Labute approximate surface area is 142 Å². The van der Waals surface area contributed by atoms with Crippen molar-refractivity contribution < 1.29 is 31.5 Å². The number of esters is 1. The summed E-state index contributed by atoms with van der Waals surface area (Å²) in [7, 11) is -4.72. The van der Waals surface area contributed by atoms with Crippen LogP contribution >= 0.6 is 0 Å². The molecule has 0 aliphatic rings. The summed E-state index contributed by atoms with van der Waals surface area (Å²) >= 11 is 0. The van der Waals surface area contributed by atoms with Crippen LogP contribution < -0.4 is 5.73 Å². The van der Waals surface area contributed by atoms with Crippen LogP contribution in [0.3, 0.4) is 0 Å². The van der Waals surface area contributed by atoms with Gasteiger partial charge in [0, 0.05) is 5.56 Å². The van der Waals surface area contributed by atoms with E-state index < -0.39 is 32.4 Å². The van der Waals surface area contributed by atoms with Crippen LogP contribution in [0.5, 0.6) is 0 Å². The first-order chi connectivity index (χ1) is 11.7. The van der Waals surface area contributed by atoms with Crippen LogP contribution in [0.25, 0.3) is 0 Å². The lowest BCUT2D eigenvalue weighted by Gasteiger charge is -2.07. The van der Waals surface area contributed by atoms with E-state index >= 15 is 0 Å². The summed E-state index contributed by atoms with van der Waals surface area (Å²) in [4.78, 5) is 22.4. The van der Waals surface area contributed by atoms with Crippen molar-refractivity contribution in [3.8, 4) is 0 Å². The van der Waals surface area contributed by atoms with Crippen molar-refractivity contribution in [1.29, 1.82) is 0 Å². The number of amides is 1. The molecule has 0 fully saturated rings. The summed E-state index contributed by atoms with van der Waals surface area (Å²) < 4.78 is 52.5. The van der Waals surface area contributed by atoms with Gasteiger partial charge >= 0.3 is 11.7 Å². The molecule has 0 spiro atoms. The zero-order valence-corrected chi connectivity index (χ0v) is 13.5. The zero-order valence-electron chi connectivity index (χ0n) is 12.7. The third-order valence-corrected chi connectivity index (χ3v) is 4.63. The van der Waals surface area contributed by atoms with E-state index in [-0.39, 0.29) is 17.7 Å². The number of carbonyl (C=O) groups is 2. The molecule has 2 N–H and O–H groups in total. The molecule has 2 aromatic rings. The van der Waals surface area contributed by atoms with Crippen molar-refractivity contribution in [3.05, 3.63) is 65.2 Å². The molecule has 0 bridgehead atoms. The van der Waals surface area contributed by atoms with Gasteiger partial charge in [-0.2, -0.15) is 8.78 Å². The van der Waals surface area contributed by atoms with Crippen molar-refractivity contribution in [2.24, 2.45) is 5.73 Å². The molecule has 0 saturated heterocycles. The SMILES string of the molecule is NC(=O)c1cccc(COC(=O)c2ccc(S(=O)(=O)C(F)F)cc2)c1. The van der Waals surface area contributed by atoms with E-state index in [0.29, 0.717) is 5.56 Å². The number of carbonyl (C=O) groups excluding carboxylic acids is 2. The summed E-state index contributed by atoms with van der Waals surface area (Å²) in [6.45, 7) is -0.142. The smallest absolute Gasteiger partial charge is 0.341 e. The number of alkyl halides is 2. The number of nitrogens with two attached hydrogens (primary N) is 1. The number of ether oxygens (including phenoxy) is 1. The Morgan fingerprint density at radius 3 is 2.24 bits per heavy atom. The first-order valence-electron chi connectivity index (χ1n) is 6.90. The van der Waals surface area contributed by atoms with Crippen molar-refractivity contribution in [3.63, 3.8) is 0 Å². The molecular weight excluding hydrogens is 356 g/mol. The molecule has 0 radical (unpaired) electrons. The Morgan fingerprint density at radius 1 is 1.04 bits per heavy atom. The van der Waals surface area contributed by atoms with Crippen molar-refractivity contribution in [2.45, 2.75) is 17.3 Å². The Kier molecular flexibility index (Phi) is 5.48. The summed E-state index contributed by atoms with van der Waals surface area (Å²) in [5.74, 6) is -4.93. The van der Waals surface area contributed by atoms with Gasteiger partial charge in [0.05, 0.1) is 10.5 Å². The fourth-order valence-corrected chi connectivity index (χ4v) is 2.65. The Balaban J connectivity index is 2.07. The molecule has 0 aliphatic carbocycles. The van der Waals surface area contributed by atoms with Crippen LogP contribution in [0.1, 0.15) is 26.3 Å². The van der Waals surface area contributed by atoms with E-state index in [0.717, 1.165) is 24.3 Å². The minimum absolute atomic E-state index is 0.000674. The fourth-order valence-electron chi connectivity index (χ4n) is 1.93. The lowest BCUT2D eigenvalue weighted by Crippen LogP contribution is -2.12. The van der Waals surface area contributed by atoms with Crippen molar-refractivity contribution in [2.75, 3.05) is 0 Å². The van der Waals surface area contributed by atoms with Gasteiger partial charge in [0.25, 0.3) is 0 Å². The number of rotatable bonds is 6. The van der Waals surface area contributed by atoms with Gasteiger partial charge in [-0.1, -0.05) is 12.1 Å². The second-order valence-electron chi connectivity index (χ2n) is 4.97. The predicted molar refractivity (Wildman–Crippen MR) is 83.7 cm³/mol. The van der Waals surface area contributed by atoms with Crippen LogP contribution in [0.2, 0.25) is 0 Å². The first-order valence-corrected chi connectivity index (χ1v) is 8.44. The van der Waals surface area contributed by atoms with Crippen LogP contribution in [0.4, 0.5) is 8.78 Å². The molecule has 1 amide bonds. The van der Waals surface area contributed by atoms with E-state index in [1.165, 1.54) is 12.1 Å². The highest BCUT2D eigenvalue weighted by Gasteiger charge is 2.26. The number of hydrogen-bond donors (Lipinski definition) is 1. The van der Waals surface area contributed by atoms with Crippen LogP contribution in [0, 0.1) is 0 Å². The second-order valence-corrected chi connectivity index (χ2v) is 6.89. The van der Waals surface area contributed by atoms with E-state index in [1.54, 1.807) is 12.1 Å². The molecular formula is C16H13F2NO5S. The van der Waals surface area contributed by atoms with E-state index in [9.17, 15) is 26.8 Å². The standard InChI is InChI=1S/C16H13F2NO5S/c17-16(18)25(22,23)13-6-4-11(5-7-13)15(21)24-9-10-2-1-3-12(8-10)14(19)20/h1-8,16H,9H2,(H2,19,20). The molecule has 0 aliphatic heterocycles. The Bertz CT molecular complexity index is 895. The maximum atomic E-state index is 12.4. The number of primary amides is 1. The van der Waals surface area contributed by atoms with E-state index in [1.807, 2.05) is 0 Å². The average Bonchev–Trinajstić information content (AvgIpc) is 2.59. The first kappa shape index (κ1) is 18.5. The van der Waals surface area contributed by atoms with Gasteiger partial charge in [-0.05, 0) is 42.0 Å². The molecule has 2 aromatic carbocycles. The molecule has 0 unspecified atom stereocenters. The van der Waals surface area contributed by atoms with Gasteiger partial charge in [-0.25, -0.2) is 13.2 Å². The molecule has 132 valence electrons. The van der Waals surface area contributed by atoms with Gasteiger partial charge in [-0.15, -0.1) is 0 Å². The van der Waals surface area contributed by atoms with Crippen LogP contribution in [-0.4, -0.2) is 26.1 Å². The quantitative estimate of drug-likeness (QED) is 0.786. The molecule has 25 heavy (non-hydrogen) atoms. The van der Waals surface area contributed by atoms with Gasteiger partial charge in [-0.3, -0.25) is 4.79 Å². The minimum atomic E-state index is -4.72. The Morgan fingerprint density at radius 2 is 1.68 bits per heavy atom. The van der Waals surface area contributed by atoms with Gasteiger partial charge in [0.1, 0.15) is 6.61 Å². The van der Waals surface area contributed by atoms with Crippen molar-refractivity contribution in [1.82, 2.24) is 0 Å². The lowest BCUT2D eigenvalue weighted by molar-refractivity contribution is 0.0472. The number of sulfone groups is 1. The fraction of sp³-hybridized carbons (Fsp3) is 0.125. The molecule has 9 heteroatoms. The third-order valence-electron chi connectivity index (χ3n) is 3.23. The normalized spacial score (nSPS) is 11.3. The molecule has 0 aromatic heterocycles. The maximum absolute atomic E-state index is 12.4.